The second kappa shape index (κ2) is 5.01. The molecule has 88 valence electrons. The Balaban J connectivity index is 2.81. The van der Waals surface area contributed by atoms with Gasteiger partial charge in [0, 0.05) is 7.05 Å². The molecule has 0 spiro atoms. The van der Waals surface area contributed by atoms with Gasteiger partial charge in [-0.1, -0.05) is 12.1 Å². The van der Waals surface area contributed by atoms with Gasteiger partial charge in [-0.2, -0.15) is 8.78 Å². The van der Waals surface area contributed by atoms with Gasteiger partial charge in [-0.05, 0) is 24.6 Å². The van der Waals surface area contributed by atoms with Gasteiger partial charge < -0.3 is 4.90 Å². The summed E-state index contributed by atoms with van der Waals surface area (Å²) in [5.74, 6) is -1.64. The lowest BCUT2D eigenvalue weighted by Gasteiger charge is -2.24. The van der Waals surface area contributed by atoms with Gasteiger partial charge in [-0.25, -0.2) is 4.39 Å². The van der Waals surface area contributed by atoms with Crippen molar-refractivity contribution < 1.29 is 18.0 Å². The first-order valence-electron chi connectivity index (χ1n) is 4.73. The largest absolute Gasteiger partial charge is 0.334 e. The summed E-state index contributed by atoms with van der Waals surface area (Å²) in [7, 11) is 1.29. The molecule has 0 aliphatic heterocycles. The van der Waals surface area contributed by atoms with E-state index in [1.165, 1.54) is 31.3 Å². The average molecular weight is 231 g/mol. The number of carbonyl (C=O) groups is 1. The molecule has 0 saturated carbocycles. The molecule has 0 heterocycles. The maximum atomic E-state index is 12.6. The van der Waals surface area contributed by atoms with Crippen LogP contribution in [0.25, 0.3) is 0 Å². The molecule has 0 bridgehead atoms. The van der Waals surface area contributed by atoms with E-state index in [1.807, 2.05) is 0 Å². The van der Waals surface area contributed by atoms with Crippen molar-refractivity contribution in [3.63, 3.8) is 0 Å². The molecule has 0 fully saturated rings. The van der Waals surface area contributed by atoms with Crippen LogP contribution in [0, 0.1) is 5.82 Å². The molecule has 0 saturated heterocycles. The van der Waals surface area contributed by atoms with Crippen LogP contribution in [0.4, 0.5) is 13.2 Å². The van der Waals surface area contributed by atoms with Crippen LogP contribution in [0.1, 0.15) is 18.5 Å². The highest BCUT2D eigenvalue weighted by Crippen LogP contribution is 2.20. The number of halogens is 3. The molecule has 0 N–H and O–H groups in total. The predicted molar refractivity (Wildman–Crippen MR) is 53.6 cm³/mol. The second-order valence-corrected chi connectivity index (χ2v) is 3.48. The SMILES string of the molecule is C[C@@H](c1ccc(F)cc1)N(C)C(=O)C(F)F. The van der Waals surface area contributed by atoms with Crippen LogP contribution in [0.5, 0.6) is 0 Å². The molecule has 1 rings (SSSR count). The van der Waals surface area contributed by atoms with Crippen molar-refractivity contribution in [1.29, 1.82) is 0 Å². The minimum Gasteiger partial charge on any atom is -0.334 e. The Hall–Kier alpha value is -1.52. The topological polar surface area (TPSA) is 20.3 Å². The van der Waals surface area contributed by atoms with Gasteiger partial charge in [0.1, 0.15) is 5.82 Å². The lowest BCUT2D eigenvalue weighted by Crippen LogP contribution is -2.34. The molecule has 1 amide bonds. The van der Waals surface area contributed by atoms with Gasteiger partial charge in [-0.3, -0.25) is 4.79 Å². The standard InChI is InChI=1S/C11H12F3NO/c1-7(15(2)11(16)10(13)14)8-3-5-9(12)6-4-8/h3-7,10H,1-2H3/t7-/m0/s1. The molecular weight excluding hydrogens is 219 g/mol. The Kier molecular flexibility index (Phi) is 3.93. The smallest absolute Gasteiger partial charge is 0.315 e. The van der Waals surface area contributed by atoms with Crippen LogP contribution in [0.3, 0.4) is 0 Å². The Bertz CT molecular complexity index is 364. The first kappa shape index (κ1) is 12.5. The van der Waals surface area contributed by atoms with E-state index in [0.29, 0.717) is 5.56 Å². The minimum atomic E-state index is -3.02. The van der Waals surface area contributed by atoms with Gasteiger partial charge >= 0.3 is 6.43 Å². The average Bonchev–Trinajstić information content (AvgIpc) is 2.27. The molecule has 0 unspecified atom stereocenters. The van der Waals surface area contributed by atoms with Gasteiger partial charge in [-0.15, -0.1) is 0 Å². The van der Waals surface area contributed by atoms with Crippen molar-refractivity contribution in [1.82, 2.24) is 4.90 Å². The summed E-state index contributed by atoms with van der Waals surface area (Å²) in [5.41, 5.74) is 0.609. The van der Waals surface area contributed by atoms with Gasteiger partial charge in [0.2, 0.25) is 0 Å². The molecule has 2 nitrogen and oxygen atoms in total. The van der Waals surface area contributed by atoms with Crippen molar-refractivity contribution in [2.45, 2.75) is 19.4 Å². The Morgan fingerprint density at radius 1 is 1.25 bits per heavy atom. The van der Waals surface area contributed by atoms with Crippen LogP contribution >= 0.6 is 0 Å². The van der Waals surface area contributed by atoms with Crippen LogP contribution in [0.15, 0.2) is 24.3 Å². The summed E-state index contributed by atoms with van der Waals surface area (Å²) in [6, 6.07) is 4.88. The molecule has 0 aliphatic rings. The number of carbonyl (C=O) groups excluding carboxylic acids is 1. The second-order valence-electron chi connectivity index (χ2n) is 3.48. The van der Waals surface area contributed by atoms with Crippen LogP contribution in [0.2, 0.25) is 0 Å². The lowest BCUT2D eigenvalue weighted by molar-refractivity contribution is -0.143. The highest BCUT2D eigenvalue weighted by Gasteiger charge is 2.24. The summed E-state index contributed by atoms with van der Waals surface area (Å²) in [6.07, 6.45) is -3.02. The number of rotatable bonds is 3. The van der Waals surface area contributed by atoms with Gasteiger partial charge in [0.25, 0.3) is 5.91 Å². The van der Waals surface area contributed by atoms with E-state index in [1.54, 1.807) is 6.92 Å². The van der Waals surface area contributed by atoms with Crippen molar-refractivity contribution in [3.05, 3.63) is 35.6 Å². The monoisotopic (exact) mass is 231 g/mol. The molecule has 0 aromatic heterocycles. The third-order valence-electron chi connectivity index (χ3n) is 2.47. The maximum Gasteiger partial charge on any atom is 0.315 e. The molecule has 0 aliphatic carbocycles. The molecule has 1 atom stereocenters. The van der Waals surface area contributed by atoms with E-state index in [4.69, 9.17) is 0 Å². The number of amides is 1. The number of hydrogen-bond donors (Lipinski definition) is 0. The zero-order valence-corrected chi connectivity index (χ0v) is 8.95. The maximum absolute atomic E-state index is 12.6. The van der Waals surface area contributed by atoms with Crippen molar-refractivity contribution in [2.24, 2.45) is 0 Å². The summed E-state index contributed by atoms with van der Waals surface area (Å²) < 4.78 is 37.0. The normalized spacial score (nSPS) is 12.6. The first-order chi connectivity index (χ1) is 7.43. The molecule has 1 aromatic rings. The highest BCUT2D eigenvalue weighted by molar-refractivity contribution is 5.79. The van der Waals surface area contributed by atoms with E-state index in [2.05, 4.69) is 0 Å². The van der Waals surface area contributed by atoms with E-state index in [-0.39, 0.29) is 0 Å². The van der Waals surface area contributed by atoms with Crippen molar-refractivity contribution >= 4 is 5.91 Å². The van der Waals surface area contributed by atoms with E-state index >= 15 is 0 Å². The van der Waals surface area contributed by atoms with E-state index in [9.17, 15) is 18.0 Å². The molecule has 16 heavy (non-hydrogen) atoms. The number of hydrogen-bond acceptors (Lipinski definition) is 1. The zero-order chi connectivity index (χ0) is 12.3. The fraction of sp³-hybridized carbons (Fsp3) is 0.364. The number of nitrogens with zero attached hydrogens (tertiary/aromatic N) is 1. The first-order valence-corrected chi connectivity index (χ1v) is 4.73. The Labute approximate surface area is 91.7 Å². The van der Waals surface area contributed by atoms with E-state index in [0.717, 1.165) is 4.90 Å². The quantitative estimate of drug-likeness (QED) is 0.783. The molecule has 5 heteroatoms. The number of alkyl halides is 2. The highest BCUT2D eigenvalue weighted by atomic mass is 19.3. The lowest BCUT2D eigenvalue weighted by atomic mass is 10.1. The fourth-order valence-electron chi connectivity index (χ4n) is 1.31. The minimum absolute atomic E-state index is 0.404. The number of benzene rings is 1. The van der Waals surface area contributed by atoms with Crippen molar-refractivity contribution in [2.75, 3.05) is 7.05 Å². The van der Waals surface area contributed by atoms with Gasteiger partial charge in [0.05, 0.1) is 6.04 Å². The third-order valence-corrected chi connectivity index (χ3v) is 2.47. The Morgan fingerprint density at radius 3 is 2.19 bits per heavy atom. The van der Waals surface area contributed by atoms with Crippen LogP contribution < -0.4 is 0 Å². The zero-order valence-electron chi connectivity index (χ0n) is 8.95. The summed E-state index contributed by atoms with van der Waals surface area (Å²) in [4.78, 5) is 12.0. The van der Waals surface area contributed by atoms with Crippen molar-refractivity contribution in [3.8, 4) is 0 Å². The van der Waals surface area contributed by atoms with E-state index < -0.39 is 24.2 Å². The predicted octanol–water partition coefficient (Wildman–Crippen LogP) is 2.61. The van der Waals surface area contributed by atoms with Gasteiger partial charge in [0.15, 0.2) is 0 Å². The molecule has 1 aromatic carbocycles. The fourth-order valence-corrected chi connectivity index (χ4v) is 1.31. The summed E-state index contributed by atoms with van der Waals surface area (Å²) in [6.45, 7) is 1.60. The van der Waals surface area contributed by atoms with Crippen LogP contribution in [-0.2, 0) is 4.79 Å². The van der Waals surface area contributed by atoms with Crippen LogP contribution in [-0.4, -0.2) is 24.3 Å². The Morgan fingerprint density at radius 2 is 1.75 bits per heavy atom. The third kappa shape index (κ3) is 2.74. The summed E-state index contributed by atoms with van der Waals surface area (Å²) in [5, 5.41) is 0. The molecular formula is C11H12F3NO. The summed E-state index contributed by atoms with van der Waals surface area (Å²) >= 11 is 0. The molecule has 0 radical (unpaired) electrons.